The predicted molar refractivity (Wildman–Crippen MR) is 40.0 cm³/mol. The maximum Gasteiger partial charge on any atom is 0.191 e. The minimum Gasteiger partial charge on any atom is -0.394 e. The molecular weight excluding hydrogens is 130 g/mol. The summed E-state index contributed by atoms with van der Waals surface area (Å²) in [5, 5.41) is 14.7. The molecule has 1 atom stereocenters. The molecule has 10 heavy (non-hydrogen) atoms. The van der Waals surface area contributed by atoms with Crippen molar-refractivity contribution in [2.24, 2.45) is 4.99 Å². The monoisotopic (exact) mass is 143 g/mol. The third-order valence-corrected chi connectivity index (χ3v) is 1.33. The van der Waals surface area contributed by atoms with Crippen LogP contribution in [0.4, 0.5) is 0 Å². The van der Waals surface area contributed by atoms with E-state index in [2.05, 4.69) is 15.6 Å². The minimum absolute atomic E-state index is 0.0874. The number of aliphatic hydroxyl groups excluding tert-OH is 1. The zero-order valence-corrected chi connectivity index (χ0v) is 6.09. The molecular formula is C6H13N3O. The van der Waals surface area contributed by atoms with Crippen molar-refractivity contribution < 1.29 is 5.11 Å². The van der Waals surface area contributed by atoms with Crippen molar-refractivity contribution in [2.45, 2.75) is 13.0 Å². The van der Waals surface area contributed by atoms with E-state index in [1.54, 1.807) is 0 Å². The van der Waals surface area contributed by atoms with Crippen molar-refractivity contribution in [2.75, 3.05) is 19.7 Å². The third kappa shape index (κ3) is 1.88. The fraction of sp³-hybridized carbons (Fsp3) is 0.833. The lowest BCUT2D eigenvalue weighted by molar-refractivity contribution is 0.263. The fourth-order valence-electron chi connectivity index (χ4n) is 0.774. The second-order valence-corrected chi connectivity index (χ2v) is 2.39. The van der Waals surface area contributed by atoms with E-state index in [1.807, 2.05) is 6.92 Å². The molecule has 1 aliphatic heterocycles. The highest BCUT2D eigenvalue weighted by atomic mass is 16.3. The van der Waals surface area contributed by atoms with Crippen molar-refractivity contribution in [1.29, 1.82) is 0 Å². The number of nitrogens with one attached hydrogen (secondary N) is 2. The van der Waals surface area contributed by atoms with E-state index >= 15 is 0 Å². The van der Waals surface area contributed by atoms with Crippen LogP contribution in [0.25, 0.3) is 0 Å². The minimum atomic E-state index is 0.0874. The second kappa shape index (κ2) is 3.41. The zero-order valence-electron chi connectivity index (χ0n) is 6.09. The number of hydrogen-bond acceptors (Lipinski definition) is 4. The fourth-order valence-corrected chi connectivity index (χ4v) is 0.774. The highest BCUT2D eigenvalue weighted by Crippen LogP contribution is 1.84. The summed E-state index contributed by atoms with van der Waals surface area (Å²) in [6, 6.07) is 0.0874. The number of aliphatic imine (C=N–C) groups is 1. The molecule has 0 saturated carbocycles. The SMILES string of the molecule is CC(CO)NC1=NCCN1. The molecule has 0 aromatic rings. The van der Waals surface area contributed by atoms with E-state index in [1.165, 1.54) is 0 Å². The average Bonchev–Trinajstić information content (AvgIpc) is 2.40. The van der Waals surface area contributed by atoms with Crippen molar-refractivity contribution >= 4 is 5.96 Å². The van der Waals surface area contributed by atoms with Gasteiger partial charge in [0.15, 0.2) is 5.96 Å². The topological polar surface area (TPSA) is 56.6 Å². The Kier molecular flexibility index (Phi) is 2.50. The molecule has 3 N–H and O–H groups in total. The molecule has 4 heteroatoms. The zero-order chi connectivity index (χ0) is 7.40. The Morgan fingerprint density at radius 3 is 3.20 bits per heavy atom. The number of rotatable bonds is 2. The van der Waals surface area contributed by atoms with Gasteiger partial charge in [0.2, 0.25) is 0 Å². The molecule has 1 rings (SSSR count). The van der Waals surface area contributed by atoms with Gasteiger partial charge >= 0.3 is 0 Å². The molecule has 58 valence electrons. The maximum absolute atomic E-state index is 8.65. The van der Waals surface area contributed by atoms with Gasteiger partial charge in [-0.25, -0.2) is 0 Å². The number of hydrogen-bond donors (Lipinski definition) is 3. The van der Waals surface area contributed by atoms with Crippen LogP contribution in [0, 0.1) is 0 Å². The standard InChI is InChI=1S/C6H13N3O/c1-5(4-10)9-6-7-2-3-8-6/h5,10H,2-4H2,1H3,(H2,7,8,9). The molecule has 0 fully saturated rings. The lowest BCUT2D eigenvalue weighted by atomic mass is 10.4. The Balaban J connectivity index is 2.23. The molecule has 0 radical (unpaired) electrons. The largest absolute Gasteiger partial charge is 0.394 e. The van der Waals surface area contributed by atoms with Crippen molar-refractivity contribution in [3.63, 3.8) is 0 Å². The van der Waals surface area contributed by atoms with Crippen LogP contribution in [0.5, 0.6) is 0 Å². The Morgan fingerprint density at radius 1 is 1.90 bits per heavy atom. The van der Waals surface area contributed by atoms with E-state index in [9.17, 15) is 0 Å². The predicted octanol–water partition coefficient (Wildman–Crippen LogP) is -1.08. The summed E-state index contributed by atoms with van der Waals surface area (Å²) in [6.45, 7) is 3.78. The molecule has 1 heterocycles. The van der Waals surface area contributed by atoms with Crippen LogP contribution in [0.2, 0.25) is 0 Å². The first-order valence-electron chi connectivity index (χ1n) is 3.48. The average molecular weight is 143 g/mol. The van der Waals surface area contributed by atoms with Gasteiger partial charge in [-0.2, -0.15) is 0 Å². The normalized spacial score (nSPS) is 19.6. The van der Waals surface area contributed by atoms with Gasteiger partial charge in [0.1, 0.15) is 0 Å². The molecule has 0 aromatic heterocycles. The van der Waals surface area contributed by atoms with E-state index < -0.39 is 0 Å². The quantitative estimate of drug-likeness (QED) is 0.460. The Morgan fingerprint density at radius 2 is 2.70 bits per heavy atom. The molecule has 0 spiro atoms. The van der Waals surface area contributed by atoms with Crippen LogP contribution < -0.4 is 10.6 Å². The first kappa shape index (κ1) is 7.34. The van der Waals surface area contributed by atoms with Gasteiger partial charge < -0.3 is 15.7 Å². The number of guanidine groups is 1. The molecule has 0 aromatic carbocycles. The van der Waals surface area contributed by atoms with Gasteiger partial charge in [-0.05, 0) is 6.92 Å². The van der Waals surface area contributed by atoms with E-state index in [-0.39, 0.29) is 12.6 Å². The molecule has 1 aliphatic rings. The Hall–Kier alpha value is -0.770. The molecule has 0 aliphatic carbocycles. The summed E-state index contributed by atoms with van der Waals surface area (Å²) in [5.74, 6) is 0.807. The Bertz CT molecular complexity index is 135. The second-order valence-electron chi connectivity index (χ2n) is 2.39. The maximum atomic E-state index is 8.65. The lowest BCUT2D eigenvalue weighted by Gasteiger charge is -2.11. The number of nitrogens with zero attached hydrogens (tertiary/aromatic N) is 1. The van der Waals surface area contributed by atoms with Crippen molar-refractivity contribution in [3.8, 4) is 0 Å². The van der Waals surface area contributed by atoms with Crippen molar-refractivity contribution in [3.05, 3.63) is 0 Å². The Labute approximate surface area is 60.3 Å². The summed E-state index contributed by atoms with van der Waals surface area (Å²) in [7, 11) is 0. The van der Waals surface area contributed by atoms with E-state index in [0.29, 0.717) is 0 Å². The number of aliphatic hydroxyl groups is 1. The summed E-state index contributed by atoms with van der Waals surface area (Å²) in [6.07, 6.45) is 0. The van der Waals surface area contributed by atoms with Gasteiger partial charge in [-0.15, -0.1) is 0 Å². The lowest BCUT2D eigenvalue weighted by Crippen LogP contribution is -2.41. The highest BCUT2D eigenvalue weighted by Gasteiger charge is 2.06. The van der Waals surface area contributed by atoms with Gasteiger partial charge in [0.25, 0.3) is 0 Å². The summed E-state index contributed by atoms with van der Waals surface area (Å²) in [4.78, 5) is 4.11. The van der Waals surface area contributed by atoms with E-state index in [0.717, 1.165) is 19.0 Å². The van der Waals surface area contributed by atoms with Crippen LogP contribution in [-0.2, 0) is 0 Å². The van der Waals surface area contributed by atoms with Gasteiger partial charge in [0, 0.05) is 12.6 Å². The molecule has 0 bridgehead atoms. The van der Waals surface area contributed by atoms with Gasteiger partial charge in [-0.3, -0.25) is 4.99 Å². The van der Waals surface area contributed by atoms with Gasteiger partial charge in [-0.1, -0.05) is 0 Å². The first-order chi connectivity index (χ1) is 4.83. The third-order valence-electron chi connectivity index (χ3n) is 1.33. The smallest absolute Gasteiger partial charge is 0.191 e. The summed E-state index contributed by atoms with van der Waals surface area (Å²) in [5.41, 5.74) is 0. The van der Waals surface area contributed by atoms with Crippen LogP contribution in [0.1, 0.15) is 6.92 Å². The first-order valence-corrected chi connectivity index (χ1v) is 3.48. The highest BCUT2D eigenvalue weighted by molar-refractivity contribution is 5.81. The van der Waals surface area contributed by atoms with Crippen LogP contribution >= 0.6 is 0 Å². The summed E-state index contributed by atoms with van der Waals surface area (Å²) < 4.78 is 0. The molecule has 1 unspecified atom stereocenters. The van der Waals surface area contributed by atoms with Gasteiger partial charge in [0.05, 0.1) is 13.2 Å². The molecule has 0 saturated heterocycles. The van der Waals surface area contributed by atoms with E-state index in [4.69, 9.17) is 5.11 Å². The summed E-state index contributed by atoms with van der Waals surface area (Å²) >= 11 is 0. The molecule has 4 nitrogen and oxygen atoms in total. The molecule has 0 amide bonds. The van der Waals surface area contributed by atoms with Crippen LogP contribution in [0.15, 0.2) is 4.99 Å². The van der Waals surface area contributed by atoms with Crippen LogP contribution in [0.3, 0.4) is 0 Å². The van der Waals surface area contributed by atoms with Crippen molar-refractivity contribution in [1.82, 2.24) is 10.6 Å². The van der Waals surface area contributed by atoms with Crippen LogP contribution in [-0.4, -0.2) is 36.8 Å².